The van der Waals surface area contributed by atoms with Crippen LogP contribution >= 0.6 is 0 Å². The average molecular weight is 436 g/mol. The van der Waals surface area contributed by atoms with Gasteiger partial charge in [0, 0.05) is 44.4 Å². The van der Waals surface area contributed by atoms with E-state index < -0.39 is 5.82 Å². The fourth-order valence-electron chi connectivity index (χ4n) is 4.64. The Morgan fingerprint density at radius 3 is 2.72 bits per heavy atom. The van der Waals surface area contributed by atoms with E-state index in [1.807, 2.05) is 19.2 Å². The quantitative estimate of drug-likeness (QED) is 0.611. The Balaban J connectivity index is 1.48. The van der Waals surface area contributed by atoms with E-state index in [1.54, 1.807) is 23.1 Å². The largest absolute Gasteiger partial charge is 0.356 e. The summed E-state index contributed by atoms with van der Waals surface area (Å²) in [7, 11) is 0. The zero-order chi connectivity index (χ0) is 22.1. The van der Waals surface area contributed by atoms with Crippen LogP contribution in [0.3, 0.4) is 0 Å². The third-order valence-electron chi connectivity index (χ3n) is 6.29. The first-order valence-electron chi connectivity index (χ1n) is 11.2. The van der Waals surface area contributed by atoms with Crippen molar-refractivity contribution in [1.29, 1.82) is 0 Å². The first-order chi connectivity index (χ1) is 15.6. The Morgan fingerprint density at radius 1 is 1.16 bits per heavy atom. The van der Waals surface area contributed by atoms with E-state index in [0.29, 0.717) is 18.8 Å². The number of nitrogens with zero attached hydrogens (tertiary/aromatic N) is 5. The van der Waals surface area contributed by atoms with E-state index in [4.69, 9.17) is 9.51 Å². The molecular weight excluding hydrogens is 409 g/mol. The van der Waals surface area contributed by atoms with E-state index in [2.05, 4.69) is 15.0 Å². The lowest BCUT2D eigenvalue weighted by Gasteiger charge is -2.33. The summed E-state index contributed by atoms with van der Waals surface area (Å²) in [5.74, 6) is 0.580. The number of rotatable bonds is 4. The molecule has 0 radical (unpaired) electrons. The molecule has 0 spiro atoms. The van der Waals surface area contributed by atoms with Crippen molar-refractivity contribution < 1.29 is 13.7 Å². The van der Waals surface area contributed by atoms with Gasteiger partial charge in [0.1, 0.15) is 5.82 Å². The van der Waals surface area contributed by atoms with E-state index >= 15 is 0 Å². The maximum Gasteiger partial charge on any atom is 0.256 e. The molecule has 1 amide bonds. The molecule has 0 saturated carbocycles. The molecule has 8 heteroatoms. The second kappa shape index (κ2) is 8.68. The molecule has 1 aromatic carbocycles. The second-order valence-electron chi connectivity index (χ2n) is 8.57. The van der Waals surface area contributed by atoms with Crippen molar-refractivity contribution >= 4 is 11.9 Å². The van der Waals surface area contributed by atoms with Gasteiger partial charge in [-0.15, -0.1) is 0 Å². The predicted molar refractivity (Wildman–Crippen MR) is 118 cm³/mol. The van der Waals surface area contributed by atoms with Crippen molar-refractivity contribution in [2.45, 2.75) is 38.5 Å². The zero-order valence-electron chi connectivity index (χ0n) is 18.1. The van der Waals surface area contributed by atoms with Gasteiger partial charge in [0.15, 0.2) is 5.76 Å². The fraction of sp³-hybridized carbons (Fsp3) is 0.417. The molecule has 0 N–H and O–H groups in total. The second-order valence-corrected chi connectivity index (χ2v) is 8.57. The molecule has 5 rings (SSSR count). The van der Waals surface area contributed by atoms with Crippen molar-refractivity contribution in [2.75, 3.05) is 31.1 Å². The number of halogens is 1. The molecule has 3 aromatic rings. The van der Waals surface area contributed by atoms with Gasteiger partial charge in [0.25, 0.3) is 5.91 Å². The van der Waals surface area contributed by atoms with E-state index in [1.165, 1.54) is 6.07 Å². The van der Waals surface area contributed by atoms with Crippen LogP contribution in [-0.2, 0) is 0 Å². The predicted octanol–water partition coefficient (Wildman–Crippen LogP) is 4.20. The van der Waals surface area contributed by atoms with Gasteiger partial charge in [-0.3, -0.25) is 4.79 Å². The molecule has 2 aliphatic rings. The van der Waals surface area contributed by atoms with Gasteiger partial charge < -0.3 is 14.3 Å². The first-order valence-corrected chi connectivity index (χ1v) is 11.2. The standard InChI is InChI=1S/C24H26FN5O2/c1-16-13-21(32-28-16)19-14-26-24(29-10-4-5-11-29)27-22(19)17-7-6-12-30(15-17)23(31)18-8-2-3-9-20(18)25/h2-3,8-9,13-14,17H,4-7,10-12,15H2,1H3/t17-/m0/s1. The minimum Gasteiger partial charge on any atom is -0.356 e. The van der Waals surface area contributed by atoms with Crippen LogP contribution in [-0.4, -0.2) is 52.1 Å². The summed E-state index contributed by atoms with van der Waals surface area (Å²) in [6.45, 7) is 4.85. The zero-order valence-corrected chi connectivity index (χ0v) is 18.1. The first kappa shape index (κ1) is 20.6. The maximum atomic E-state index is 14.2. The van der Waals surface area contributed by atoms with Crippen LogP contribution < -0.4 is 4.90 Å². The number of anilines is 1. The van der Waals surface area contributed by atoms with Crippen LogP contribution in [0, 0.1) is 12.7 Å². The Hall–Kier alpha value is -3.29. The van der Waals surface area contributed by atoms with Gasteiger partial charge in [-0.1, -0.05) is 17.3 Å². The number of carbonyl (C=O) groups excluding carboxylic acids is 1. The lowest BCUT2D eigenvalue weighted by Crippen LogP contribution is -2.40. The Morgan fingerprint density at radius 2 is 1.97 bits per heavy atom. The topological polar surface area (TPSA) is 75.4 Å². The van der Waals surface area contributed by atoms with Crippen LogP contribution in [0.1, 0.15) is 53.3 Å². The van der Waals surface area contributed by atoms with Crippen molar-refractivity contribution in [1.82, 2.24) is 20.0 Å². The number of aryl methyl sites for hydroxylation is 1. The highest BCUT2D eigenvalue weighted by Crippen LogP contribution is 2.35. The van der Waals surface area contributed by atoms with Crippen LogP contribution in [0.25, 0.3) is 11.3 Å². The number of carbonyl (C=O) groups is 1. The normalized spacial score (nSPS) is 18.9. The number of amides is 1. The van der Waals surface area contributed by atoms with E-state index in [9.17, 15) is 9.18 Å². The molecule has 1 atom stereocenters. The van der Waals surface area contributed by atoms with E-state index in [0.717, 1.165) is 61.7 Å². The molecule has 0 bridgehead atoms. The molecule has 2 saturated heterocycles. The van der Waals surface area contributed by atoms with Crippen LogP contribution in [0.5, 0.6) is 0 Å². The fourth-order valence-corrected chi connectivity index (χ4v) is 4.64. The van der Waals surface area contributed by atoms with Crippen molar-refractivity contribution in [3.8, 4) is 11.3 Å². The Labute approximate surface area is 186 Å². The molecular formula is C24H26FN5O2. The van der Waals surface area contributed by atoms with E-state index in [-0.39, 0.29) is 17.4 Å². The third-order valence-corrected chi connectivity index (χ3v) is 6.29. The third kappa shape index (κ3) is 3.97. The minimum absolute atomic E-state index is 0.00392. The lowest BCUT2D eigenvalue weighted by atomic mass is 9.91. The summed E-state index contributed by atoms with van der Waals surface area (Å²) in [6, 6.07) is 8.03. The molecule has 2 aliphatic heterocycles. The maximum absolute atomic E-state index is 14.2. The van der Waals surface area contributed by atoms with Crippen molar-refractivity contribution in [2.24, 2.45) is 0 Å². The molecule has 0 aliphatic carbocycles. The highest BCUT2D eigenvalue weighted by atomic mass is 19.1. The van der Waals surface area contributed by atoms with Gasteiger partial charge in [0.05, 0.1) is 22.5 Å². The number of aromatic nitrogens is 3. The van der Waals surface area contributed by atoms with Gasteiger partial charge in [-0.05, 0) is 44.7 Å². The smallest absolute Gasteiger partial charge is 0.256 e. The highest BCUT2D eigenvalue weighted by molar-refractivity contribution is 5.94. The summed E-state index contributed by atoms with van der Waals surface area (Å²) >= 11 is 0. The molecule has 0 unspecified atom stereocenters. The molecule has 2 aromatic heterocycles. The van der Waals surface area contributed by atoms with Crippen molar-refractivity contribution in [3.05, 3.63) is 59.3 Å². The Bertz CT molecular complexity index is 1130. The summed E-state index contributed by atoms with van der Waals surface area (Å²) in [6.07, 6.45) is 5.79. The summed E-state index contributed by atoms with van der Waals surface area (Å²) in [4.78, 5) is 26.6. The minimum atomic E-state index is -0.490. The van der Waals surface area contributed by atoms with Crippen molar-refractivity contribution in [3.63, 3.8) is 0 Å². The Kier molecular flexibility index (Phi) is 5.59. The van der Waals surface area contributed by atoms with Crippen LogP contribution in [0.2, 0.25) is 0 Å². The average Bonchev–Trinajstić information content (AvgIpc) is 3.51. The molecule has 2 fully saturated rings. The van der Waals surface area contributed by atoms with Crippen LogP contribution in [0.4, 0.5) is 10.3 Å². The van der Waals surface area contributed by atoms with Gasteiger partial charge >= 0.3 is 0 Å². The SMILES string of the molecule is Cc1cc(-c2cnc(N3CCCC3)nc2[C@H]2CCCN(C(=O)c3ccccc3F)C2)on1. The molecule has 32 heavy (non-hydrogen) atoms. The van der Waals surface area contributed by atoms with Gasteiger partial charge in [0.2, 0.25) is 5.95 Å². The van der Waals surface area contributed by atoms with Crippen LogP contribution in [0.15, 0.2) is 41.1 Å². The lowest BCUT2D eigenvalue weighted by molar-refractivity contribution is 0.0701. The highest BCUT2D eigenvalue weighted by Gasteiger charge is 2.31. The number of benzene rings is 1. The molecule has 166 valence electrons. The number of likely N-dealkylation sites (tertiary alicyclic amines) is 1. The molecule has 4 heterocycles. The monoisotopic (exact) mass is 435 g/mol. The summed E-state index contributed by atoms with van der Waals surface area (Å²) in [5, 5.41) is 4.02. The number of piperidine rings is 1. The number of hydrogen-bond donors (Lipinski definition) is 0. The van der Waals surface area contributed by atoms with Gasteiger partial charge in [-0.2, -0.15) is 0 Å². The number of hydrogen-bond acceptors (Lipinski definition) is 6. The molecule has 7 nitrogen and oxygen atoms in total. The summed E-state index contributed by atoms with van der Waals surface area (Å²) < 4.78 is 19.8. The summed E-state index contributed by atoms with van der Waals surface area (Å²) in [5.41, 5.74) is 2.57. The van der Waals surface area contributed by atoms with Gasteiger partial charge in [-0.25, -0.2) is 14.4 Å².